The molecule has 0 aliphatic rings. The quantitative estimate of drug-likeness (QED) is 0.297. The molecule has 0 bridgehead atoms. The summed E-state index contributed by atoms with van der Waals surface area (Å²) in [7, 11) is 2.08. The van der Waals surface area contributed by atoms with Crippen LogP contribution in [0.25, 0.3) is 11.8 Å². The lowest BCUT2D eigenvalue weighted by atomic mass is 10.2. The zero-order valence-corrected chi connectivity index (χ0v) is 19.4. The van der Waals surface area contributed by atoms with Gasteiger partial charge in [-0.2, -0.15) is 0 Å². The van der Waals surface area contributed by atoms with Gasteiger partial charge in [-0.1, -0.05) is 71.9 Å². The maximum Gasteiger partial charge on any atom is 0.196 e. The van der Waals surface area contributed by atoms with E-state index in [4.69, 9.17) is 11.6 Å². The predicted molar refractivity (Wildman–Crippen MR) is 132 cm³/mol. The molecular weight excluding hydrogens is 438 g/mol. The summed E-state index contributed by atoms with van der Waals surface area (Å²) < 4.78 is 2.09. The minimum absolute atomic E-state index is 0.661. The fourth-order valence-electron chi connectivity index (χ4n) is 3.24. The highest BCUT2D eigenvalue weighted by Crippen LogP contribution is 2.27. The van der Waals surface area contributed by atoms with Crippen LogP contribution >= 0.6 is 23.4 Å². The van der Waals surface area contributed by atoms with Gasteiger partial charge in [0.05, 0.1) is 12.2 Å². The van der Waals surface area contributed by atoms with Gasteiger partial charge in [-0.15, -0.1) is 10.2 Å². The minimum Gasteiger partial charge on any atom is -0.295 e. The van der Waals surface area contributed by atoms with Gasteiger partial charge >= 0.3 is 0 Å². The summed E-state index contributed by atoms with van der Waals surface area (Å²) in [5.41, 5.74) is 3.34. The van der Waals surface area contributed by atoms with E-state index in [9.17, 15) is 0 Å². The summed E-state index contributed by atoms with van der Waals surface area (Å²) in [6.07, 6.45) is 7.91. The molecule has 7 heteroatoms. The lowest BCUT2D eigenvalue weighted by Gasteiger charge is -2.16. The molecule has 162 valence electrons. The summed E-state index contributed by atoms with van der Waals surface area (Å²) in [4.78, 5) is 6.30. The molecule has 2 aromatic heterocycles. The van der Waals surface area contributed by atoms with Gasteiger partial charge in [0.2, 0.25) is 0 Å². The standard InChI is InChI=1S/C25H24ClN5S/c1-30(16-6-9-20-7-3-2-4-8-20)18-24-28-29-25(32-19-21-12-14-27-15-13-21)31(24)23-11-5-10-22(26)17-23/h2-15,17H,16,18-19H2,1H3/b9-6+. The van der Waals surface area contributed by atoms with E-state index in [1.54, 1.807) is 24.2 Å². The van der Waals surface area contributed by atoms with Crippen molar-refractivity contribution >= 4 is 29.4 Å². The van der Waals surface area contributed by atoms with Gasteiger partial charge in [0.25, 0.3) is 0 Å². The Morgan fingerprint density at radius 1 is 1.00 bits per heavy atom. The Hall–Kier alpha value is -2.93. The average molecular weight is 462 g/mol. The van der Waals surface area contributed by atoms with E-state index >= 15 is 0 Å². The van der Waals surface area contributed by atoms with Crippen molar-refractivity contribution in [1.29, 1.82) is 0 Å². The zero-order chi connectivity index (χ0) is 22.2. The molecule has 0 aliphatic heterocycles. The molecule has 5 nitrogen and oxygen atoms in total. The lowest BCUT2D eigenvalue weighted by molar-refractivity contribution is 0.350. The Morgan fingerprint density at radius 3 is 2.59 bits per heavy atom. The highest BCUT2D eigenvalue weighted by atomic mass is 35.5. The van der Waals surface area contributed by atoms with Crippen LogP contribution in [0.5, 0.6) is 0 Å². The second-order valence-electron chi connectivity index (χ2n) is 7.37. The first-order valence-electron chi connectivity index (χ1n) is 10.3. The highest BCUT2D eigenvalue weighted by Gasteiger charge is 2.16. The van der Waals surface area contributed by atoms with Crippen LogP contribution in [-0.4, -0.2) is 38.2 Å². The van der Waals surface area contributed by atoms with Crippen LogP contribution < -0.4 is 0 Å². The third-order valence-corrected chi connectivity index (χ3v) is 6.06. The van der Waals surface area contributed by atoms with Crippen molar-refractivity contribution in [2.75, 3.05) is 13.6 Å². The molecule has 0 N–H and O–H groups in total. The van der Waals surface area contributed by atoms with Gasteiger partial charge < -0.3 is 0 Å². The number of thioether (sulfide) groups is 1. The van der Waals surface area contributed by atoms with Crippen molar-refractivity contribution in [2.45, 2.75) is 17.5 Å². The maximum atomic E-state index is 6.28. The molecule has 0 unspecified atom stereocenters. The summed E-state index contributed by atoms with van der Waals surface area (Å²) in [6.45, 7) is 1.46. The largest absolute Gasteiger partial charge is 0.295 e. The summed E-state index contributed by atoms with van der Waals surface area (Å²) in [5, 5.41) is 10.5. The first-order chi connectivity index (χ1) is 15.7. The van der Waals surface area contributed by atoms with E-state index in [-0.39, 0.29) is 0 Å². The van der Waals surface area contributed by atoms with Crippen LogP contribution in [0, 0.1) is 0 Å². The second-order valence-corrected chi connectivity index (χ2v) is 8.75. The molecule has 4 rings (SSSR count). The Kier molecular flexibility index (Phi) is 7.72. The number of pyridine rings is 1. The van der Waals surface area contributed by atoms with Crippen LogP contribution in [0.3, 0.4) is 0 Å². The number of aromatic nitrogens is 4. The Balaban J connectivity index is 1.51. The van der Waals surface area contributed by atoms with Gasteiger partial charge in [-0.3, -0.25) is 14.5 Å². The second kappa shape index (κ2) is 11.1. The molecule has 0 saturated heterocycles. The van der Waals surface area contributed by atoms with Gasteiger partial charge in [0, 0.05) is 29.7 Å². The van der Waals surface area contributed by atoms with Crippen LogP contribution in [-0.2, 0) is 12.3 Å². The van der Waals surface area contributed by atoms with Crippen LogP contribution in [0.1, 0.15) is 17.0 Å². The fraction of sp³-hybridized carbons (Fsp3) is 0.160. The van der Waals surface area contributed by atoms with E-state index in [2.05, 4.69) is 56.0 Å². The van der Waals surface area contributed by atoms with E-state index in [0.29, 0.717) is 11.6 Å². The average Bonchev–Trinajstić information content (AvgIpc) is 3.21. The molecule has 32 heavy (non-hydrogen) atoms. The number of rotatable bonds is 9. The number of halogens is 1. The van der Waals surface area contributed by atoms with Crippen molar-refractivity contribution in [3.63, 3.8) is 0 Å². The first kappa shape index (κ1) is 22.3. The van der Waals surface area contributed by atoms with Crippen LogP contribution in [0.4, 0.5) is 0 Å². The SMILES string of the molecule is CN(C/C=C/c1ccccc1)Cc1nnc(SCc2ccncc2)n1-c1cccc(Cl)c1. The van der Waals surface area contributed by atoms with Gasteiger partial charge in [0.1, 0.15) is 0 Å². The van der Waals surface area contributed by atoms with Crippen molar-refractivity contribution in [1.82, 2.24) is 24.6 Å². The minimum atomic E-state index is 0.661. The number of likely N-dealkylation sites (N-methyl/N-ethyl adjacent to an activating group) is 1. The molecule has 2 aromatic carbocycles. The topological polar surface area (TPSA) is 46.8 Å². The van der Waals surface area contributed by atoms with E-state index in [1.807, 2.05) is 54.6 Å². The predicted octanol–water partition coefficient (Wildman–Crippen LogP) is 5.75. The lowest BCUT2D eigenvalue weighted by Crippen LogP contribution is -2.20. The third-order valence-electron chi connectivity index (χ3n) is 4.82. The normalized spacial score (nSPS) is 11.5. The monoisotopic (exact) mass is 461 g/mol. The molecule has 0 saturated carbocycles. The zero-order valence-electron chi connectivity index (χ0n) is 17.8. The van der Waals surface area contributed by atoms with Gasteiger partial charge in [-0.05, 0) is 48.5 Å². The van der Waals surface area contributed by atoms with Crippen molar-refractivity contribution in [3.8, 4) is 5.69 Å². The summed E-state index contributed by atoms with van der Waals surface area (Å²) >= 11 is 7.93. The summed E-state index contributed by atoms with van der Waals surface area (Å²) in [5.74, 6) is 1.66. The van der Waals surface area contributed by atoms with Crippen LogP contribution in [0.2, 0.25) is 5.02 Å². The maximum absolute atomic E-state index is 6.28. The van der Waals surface area contributed by atoms with Crippen molar-refractivity contribution < 1.29 is 0 Å². The molecule has 2 heterocycles. The molecule has 0 spiro atoms. The van der Waals surface area contributed by atoms with Crippen molar-refractivity contribution in [2.24, 2.45) is 0 Å². The number of nitrogens with zero attached hydrogens (tertiary/aromatic N) is 5. The van der Waals surface area contributed by atoms with E-state index < -0.39 is 0 Å². The Labute approximate surface area is 197 Å². The van der Waals surface area contributed by atoms with Crippen molar-refractivity contribution in [3.05, 3.63) is 107 Å². The Morgan fingerprint density at radius 2 is 1.81 bits per heavy atom. The number of benzene rings is 2. The number of hydrogen-bond acceptors (Lipinski definition) is 5. The molecule has 0 aliphatic carbocycles. The molecule has 0 atom stereocenters. The third kappa shape index (κ3) is 6.07. The first-order valence-corrected chi connectivity index (χ1v) is 11.7. The van der Waals surface area contributed by atoms with E-state index in [0.717, 1.165) is 29.0 Å². The smallest absolute Gasteiger partial charge is 0.196 e. The van der Waals surface area contributed by atoms with Crippen LogP contribution in [0.15, 0.2) is 90.4 Å². The van der Waals surface area contributed by atoms with E-state index in [1.165, 1.54) is 11.1 Å². The molecule has 0 amide bonds. The molecule has 0 fully saturated rings. The highest BCUT2D eigenvalue weighted by molar-refractivity contribution is 7.98. The summed E-state index contributed by atoms with van der Waals surface area (Å²) in [6, 6.07) is 22.1. The van der Waals surface area contributed by atoms with Gasteiger partial charge in [-0.25, -0.2) is 0 Å². The number of hydrogen-bond donors (Lipinski definition) is 0. The van der Waals surface area contributed by atoms with Gasteiger partial charge in [0.15, 0.2) is 11.0 Å². The molecule has 0 radical (unpaired) electrons. The fourth-order valence-corrected chi connectivity index (χ4v) is 4.35. The Bertz CT molecular complexity index is 1160. The molecule has 4 aromatic rings. The molecular formula is C25H24ClN5S.